The summed E-state index contributed by atoms with van der Waals surface area (Å²) < 4.78 is 6.77. The number of rotatable bonds is 16. The number of aromatic nitrogens is 2. The molecule has 0 fully saturated rings. The third-order valence-corrected chi connectivity index (χ3v) is 8.46. The molecule has 2 heterocycles. The highest BCUT2D eigenvalue weighted by atomic mass is 32.2. The van der Waals surface area contributed by atoms with Crippen molar-refractivity contribution in [1.29, 1.82) is 0 Å². The molecule has 0 aliphatic heterocycles. The first-order valence-electron chi connectivity index (χ1n) is 14.0. The monoisotopic (exact) mass is 587 g/mol. The molecule has 1 aromatic carbocycles. The highest BCUT2D eigenvalue weighted by Crippen LogP contribution is 2.33. The summed E-state index contributed by atoms with van der Waals surface area (Å²) in [6.45, 7) is 12.1. The largest absolute Gasteiger partial charge is 0.444 e. The number of thiazole rings is 1. The molecule has 0 saturated carbocycles. The molecular weight excluding hydrogens is 546 g/mol. The summed E-state index contributed by atoms with van der Waals surface area (Å²) in [6.07, 6.45) is 9.86. The summed E-state index contributed by atoms with van der Waals surface area (Å²) in [5.41, 5.74) is 1.18. The Kier molecular flexibility index (Phi) is 12.0. The normalized spacial score (nSPS) is 11.5. The molecule has 1 N–H and O–H groups in total. The van der Waals surface area contributed by atoms with Gasteiger partial charge in [0.2, 0.25) is 11.8 Å². The van der Waals surface area contributed by atoms with Gasteiger partial charge in [0.15, 0.2) is 5.13 Å². The predicted molar refractivity (Wildman–Crippen MR) is 164 cm³/mol. The van der Waals surface area contributed by atoms with E-state index in [0.717, 1.165) is 61.6 Å². The van der Waals surface area contributed by atoms with Crippen LogP contribution in [-0.4, -0.2) is 33.9 Å². The number of benzene rings is 1. The number of amides is 1. The quantitative estimate of drug-likeness (QED) is 0.0776. The van der Waals surface area contributed by atoms with Crippen molar-refractivity contribution in [1.82, 2.24) is 9.97 Å². The van der Waals surface area contributed by atoms with Gasteiger partial charge in [-0.25, -0.2) is 9.97 Å². The summed E-state index contributed by atoms with van der Waals surface area (Å²) >= 11 is 2.91. The molecule has 2 aromatic heterocycles. The maximum Gasteiger partial charge on any atom is 0.292 e. The molecule has 0 atom stereocenters. The third-order valence-electron chi connectivity index (χ3n) is 6.37. The highest BCUT2D eigenvalue weighted by molar-refractivity contribution is 8.00. The zero-order valence-electron chi connectivity index (χ0n) is 24.2. The van der Waals surface area contributed by atoms with E-state index < -0.39 is 0 Å². The number of nitro groups is 1. The van der Waals surface area contributed by atoms with Crippen molar-refractivity contribution in [3.05, 3.63) is 57.9 Å². The lowest BCUT2D eigenvalue weighted by Gasteiger charge is -2.25. The van der Waals surface area contributed by atoms with Crippen molar-refractivity contribution in [2.45, 2.75) is 94.9 Å². The van der Waals surface area contributed by atoms with E-state index in [4.69, 9.17) is 4.42 Å². The number of carbonyl (C=O) groups excluding carboxylic acids is 1. The van der Waals surface area contributed by atoms with Crippen LogP contribution in [-0.2, 0) is 22.4 Å². The Labute approximate surface area is 245 Å². The number of oxazole rings is 1. The van der Waals surface area contributed by atoms with E-state index in [1.165, 1.54) is 17.4 Å². The number of nitrogens with one attached hydrogen (secondary N) is 1. The SMILES string of the molecule is CCCCCN(CCCCC)c1ccc(CC(=O)Nc2ncc(SCc3ncc(C(C)(C)C)o3)s2)cc1[N+](=O)[O-]. The van der Waals surface area contributed by atoms with E-state index >= 15 is 0 Å². The molecule has 3 rings (SSSR count). The van der Waals surface area contributed by atoms with Crippen molar-refractivity contribution < 1.29 is 14.1 Å². The molecule has 0 saturated heterocycles. The minimum Gasteiger partial charge on any atom is -0.444 e. The molecule has 9 nitrogen and oxygen atoms in total. The minimum atomic E-state index is -0.341. The number of carbonyl (C=O) groups is 1. The number of anilines is 2. The number of nitrogens with zero attached hydrogens (tertiary/aromatic N) is 4. The molecule has 3 aromatic rings. The van der Waals surface area contributed by atoms with Crippen LogP contribution in [0.5, 0.6) is 0 Å². The summed E-state index contributed by atoms with van der Waals surface area (Å²) in [7, 11) is 0. The van der Waals surface area contributed by atoms with Gasteiger partial charge >= 0.3 is 0 Å². The van der Waals surface area contributed by atoms with Crippen LogP contribution < -0.4 is 10.2 Å². The van der Waals surface area contributed by atoms with Gasteiger partial charge in [-0.1, -0.05) is 77.7 Å². The first-order valence-corrected chi connectivity index (χ1v) is 15.8. The molecule has 1 amide bonds. The summed E-state index contributed by atoms with van der Waals surface area (Å²) in [6, 6.07) is 5.15. The first-order chi connectivity index (χ1) is 19.1. The van der Waals surface area contributed by atoms with Gasteiger partial charge in [0.25, 0.3) is 5.69 Å². The number of thioether (sulfide) groups is 1. The zero-order chi connectivity index (χ0) is 29.1. The lowest BCUT2D eigenvalue weighted by atomic mass is 9.94. The third kappa shape index (κ3) is 9.62. The molecule has 0 spiro atoms. The van der Waals surface area contributed by atoms with Gasteiger partial charge in [0.1, 0.15) is 11.4 Å². The Morgan fingerprint density at radius 3 is 2.40 bits per heavy atom. The molecule has 0 radical (unpaired) electrons. The van der Waals surface area contributed by atoms with Gasteiger partial charge in [-0.2, -0.15) is 0 Å². The fraction of sp³-hybridized carbons (Fsp3) is 0.552. The molecule has 0 aliphatic rings. The van der Waals surface area contributed by atoms with E-state index in [1.54, 1.807) is 30.2 Å². The van der Waals surface area contributed by atoms with E-state index in [2.05, 4.69) is 54.8 Å². The summed E-state index contributed by atoms with van der Waals surface area (Å²) in [5.74, 6) is 1.79. The number of nitro benzene ring substituents is 1. The number of unbranched alkanes of at least 4 members (excludes halogenated alkanes) is 4. The minimum absolute atomic E-state index is 0.0285. The van der Waals surface area contributed by atoms with E-state index in [9.17, 15) is 14.9 Å². The second-order valence-corrected chi connectivity index (χ2v) is 13.2. The van der Waals surface area contributed by atoms with Gasteiger partial charge in [-0.3, -0.25) is 14.9 Å². The van der Waals surface area contributed by atoms with E-state index in [0.29, 0.717) is 28.0 Å². The molecule has 0 aliphatic carbocycles. The molecular formula is C29H41N5O4S2. The zero-order valence-corrected chi connectivity index (χ0v) is 25.8. The second kappa shape index (κ2) is 15.2. The van der Waals surface area contributed by atoms with Crippen LogP contribution in [0.4, 0.5) is 16.5 Å². The van der Waals surface area contributed by atoms with Crippen LogP contribution in [0.3, 0.4) is 0 Å². The average Bonchev–Trinajstić information content (AvgIpc) is 3.56. The first kappa shape index (κ1) is 31.6. The Bertz CT molecular complexity index is 1240. The second-order valence-electron chi connectivity index (χ2n) is 10.8. The van der Waals surface area contributed by atoms with Gasteiger partial charge in [-0.15, -0.1) is 11.8 Å². The maximum atomic E-state index is 12.8. The van der Waals surface area contributed by atoms with Crippen LogP contribution in [0, 0.1) is 10.1 Å². The van der Waals surface area contributed by atoms with Gasteiger partial charge in [0, 0.05) is 24.6 Å². The predicted octanol–water partition coefficient (Wildman–Crippen LogP) is 8.00. The van der Waals surface area contributed by atoms with Crippen LogP contribution in [0.25, 0.3) is 0 Å². The summed E-state index contributed by atoms with van der Waals surface area (Å²) in [5, 5.41) is 15.3. The Morgan fingerprint density at radius 2 is 1.80 bits per heavy atom. The maximum absolute atomic E-state index is 12.8. The van der Waals surface area contributed by atoms with Crippen LogP contribution in [0.2, 0.25) is 0 Å². The molecule has 0 bridgehead atoms. The Hall–Kier alpha value is -2.92. The lowest BCUT2D eigenvalue weighted by Crippen LogP contribution is -2.26. The average molecular weight is 588 g/mol. The Balaban J connectivity index is 1.61. The van der Waals surface area contributed by atoms with Crippen molar-refractivity contribution >= 4 is 45.5 Å². The lowest BCUT2D eigenvalue weighted by molar-refractivity contribution is -0.384. The van der Waals surface area contributed by atoms with E-state index in [1.807, 2.05) is 6.07 Å². The van der Waals surface area contributed by atoms with E-state index in [-0.39, 0.29) is 28.4 Å². The number of hydrogen-bond acceptors (Lipinski definition) is 9. The molecule has 11 heteroatoms. The smallest absolute Gasteiger partial charge is 0.292 e. The van der Waals surface area contributed by atoms with Gasteiger partial charge < -0.3 is 14.6 Å². The standard InChI is InChI=1S/C29H41N5O4S2/c1-6-8-10-14-33(15-11-9-7-2)22-13-12-21(16-23(22)34(36)37)17-25(35)32-28-31-19-27(40-28)39-20-26-30-18-24(38-26)29(3,4)5/h12-13,16,18-19H,6-11,14-15,17,20H2,1-5H3,(H,31,32,35). The molecule has 0 unspecified atom stereocenters. The molecule has 218 valence electrons. The fourth-order valence-electron chi connectivity index (χ4n) is 4.14. The van der Waals surface area contributed by atoms with Gasteiger partial charge in [0.05, 0.1) is 33.7 Å². The van der Waals surface area contributed by atoms with Gasteiger partial charge in [-0.05, 0) is 24.5 Å². The van der Waals surface area contributed by atoms with Crippen LogP contribution in [0.1, 0.15) is 90.4 Å². The van der Waals surface area contributed by atoms with Crippen LogP contribution >= 0.6 is 23.1 Å². The topological polar surface area (TPSA) is 114 Å². The summed E-state index contributed by atoms with van der Waals surface area (Å²) in [4.78, 5) is 35.2. The van der Waals surface area contributed by atoms with Crippen LogP contribution in [0.15, 0.2) is 39.2 Å². The number of hydrogen-bond donors (Lipinski definition) is 1. The van der Waals surface area contributed by atoms with Crippen molar-refractivity contribution in [2.24, 2.45) is 0 Å². The Morgan fingerprint density at radius 1 is 1.10 bits per heavy atom. The van der Waals surface area contributed by atoms with Crippen molar-refractivity contribution in [3.8, 4) is 0 Å². The highest BCUT2D eigenvalue weighted by Gasteiger charge is 2.22. The molecule has 40 heavy (non-hydrogen) atoms. The van der Waals surface area contributed by atoms with Crippen molar-refractivity contribution in [2.75, 3.05) is 23.3 Å². The van der Waals surface area contributed by atoms with Crippen molar-refractivity contribution in [3.63, 3.8) is 0 Å². The fourth-order valence-corrected chi connectivity index (χ4v) is 5.88.